The number of aliphatic carboxylic acids is 1. The van der Waals surface area contributed by atoms with E-state index in [1.54, 1.807) is 48.6 Å². The Labute approximate surface area is 199 Å². The number of nitrogens with one attached hydrogen (secondary N) is 2. The van der Waals surface area contributed by atoms with E-state index in [1.165, 1.54) is 0 Å². The Hall–Kier alpha value is -3.45. The number of carbonyl (C=O) groups excluding carboxylic acids is 2. The number of para-hydroxylation sites is 1. The smallest absolute Gasteiger partial charge is 0.304 e. The van der Waals surface area contributed by atoms with Crippen molar-refractivity contribution < 1.29 is 19.5 Å². The summed E-state index contributed by atoms with van der Waals surface area (Å²) in [6.45, 7) is 0. The first kappa shape index (κ1) is 22.7. The number of rotatable bonds is 8. The van der Waals surface area contributed by atoms with Crippen LogP contribution in [0.1, 0.15) is 28.8 Å². The number of hydrogen-bond acceptors (Lipinski definition) is 3. The lowest BCUT2D eigenvalue weighted by atomic mass is 9.72. The van der Waals surface area contributed by atoms with Crippen LogP contribution in [0.3, 0.4) is 0 Å². The number of fused-ring (bicyclic) bond motifs is 1. The molecule has 2 aromatic carbocycles. The van der Waals surface area contributed by atoms with Crippen molar-refractivity contribution >= 4 is 44.5 Å². The molecule has 0 saturated carbocycles. The molecule has 1 aliphatic carbocycles. The number of H-pyrrole nitrogens is 1. The Bertz CT molecular complexity index is 1260. The third-order valence-corrected chi connectivity index (χ3v) is 6.46. The summed E-state index contributed by atoms with van der Waals surface area (Å²) in [7, 11) is 0. The molecule has 0 spiro atoms. The summed E-state index contributed by atoms with van der Waals surface area (Å²) in [6, 6.07) is 13.7. The van der Waals surface area contributed by atoms with Crippen molar-refractivity contribution in [1.82, 2.24) is 10.3 Å². The Balaban J connectivity index is 1.69. The van der Waals surface area contributed by atoms with E-state index >= 15 is 0 Å². The van der Waals surface area contributed by atoms with Gasteiger partial charge in [0.1, 0.15) is 0 Å². The van der Waals surface area contributed by atoms with Crippen molar-refractivity contribution in [3.05, 3.63) is 94.6 Å². The number of allylic oxidation sites excluding steroid dienone is 4. The number of Topliss-reactive ketones (excluding diaryl/α,β-unsaturated/α-hetero) is 1. The first-order valence-electron chi connectivity index (χ1n) is 10.6. The summed E-state index contributed by atoms with van der Waals surface area (Å²) in [6.07, 6.45) is 8.93. The van der Waals surface area contributed by atoms with Crippen LogP contribution in [0.5, 0.6) is 0 Å². The van der Waals surface area contributed by atoms with E-state index in [-0.39, 0.29) is 31.0 Å². The Morgan fingerprint density at radius 3 is 2.55 bits per heavy atom. The maximum Gasteiger partial charge on any atom is 0.304 e. The van der Waals surface area contributed by atoms with Crippen LogP contribution < -0.4 is 5.32 Å². The number of aromatic amines is 1. The molecule has 2 atom stereocenters. The van der Waals surface area contributed by atoms with E-state index in [4.69, 9.17) is 0 Å². The zero-order chi connectivity index (χ0) is 23.4. The quantitative estimate of drug-likeness (QED) is 0.407. The van der Waals surface area contributed by atoms with E-state index in [2.05, 4.69) is 26.2 Å². The van der Waals surface area contributed by atoms with Crippen molar-refractivity contribution in [2.24, 2.45) is 5.41 Å². The van der Waals surface area contributed by atoms with E-state index < -0.39 is 17.4 Å². The molecule has 1 amide bonds. The summed E-state index contributed by atoms with van der Waals surface area (Å²) in [5.74, 6) is -1.77. The zero-order valence-electron chi connectivity index (χ0n) is 17.8. The van der Waals surface area contributed by atoms with Crippen LogP contribution in [0.2, 0.25) is 0 Å². The number of ketones is 1. The molecule has 1 aromatic heterocycles. The number of hydrogen-bond donors (Lipinski definition) is 3. The molecule has 1 unspecified atom stereocenters. The third-order valence-electron chi connectivity index (χ3n) is 5.93. The minimum Gasteiger partial charge on any atom is -0.481 e. The van der Waals surface area contributed by atoms with Gasteiger partial charge in [0.25, 0.3) is 5.91 Å². The third kappa shape index (κ3) is 4.98. The van der Waals surface area contributed by atoms with Gasteiger partial charge in [-0.3, -0.25) is 14.4 Å². The second-order valence-electron chi connectivity index (χ2n) is 8.18. The predicted octanol–water partition coefficient (Wildman–Crippen LogP) is 4.82. The second kappa shape index (κ2) is 9.58. The van der Waals surface area contributed by atoms with Crippen molar-refractivity contribution in [2.45, 2.75) is 25.3 Å². The highest BCUT2D eigenvalue weighted by molar-refractivity contribution is 9.10. The molecule has 3 aromatic rings. The van der Waals surface area contributed by atoms with Crippen molar-refractivity contribution in [3.8, 4) is 0 Å². The fourth-order valence-corrected chi connectivity index (χ4v) is 4.52. The van der Waals surface area contributed by atoms with E-state index in [9.17, 15) is 19.5 Å². The van der Waals surface area contributed by atoms with Gasteiger partial charge < -0.3 is 15.4 Å². The van der Waals surface area contributed by atoms with Gasteiger partial charge in [-0.15, -0.1) is 0 Å². The summed E-state index contributed by atoms with van der Waals surface area (Å²) in [5, 5.41) is 13.4. The number of carboxylic acid groups (broad SMARTS) is 1. The molecular formula is C26H23BrN2O4. The van der Waals surface area contributed by atoms with Crippen molar-refractivity contribution in [2.75, 3.05) is 0 Å². The molecule has 1 aliphatic rings. The summed E-state index contributed by atoms with van der Waals surface area (Å²) in [5.41, 5.74) is 1.01. The van der Waals surface area contributed by atoms with Gasteiger partial charge in [-0.05, 0) is 42.3 Å². The molecule has 6 nitrogen and oxygen atoms in total. The molecule has 0 aliphatic heterocycles. The van der Waals surface area contributed by atoms with Gasteiger partial charge in [0.2, 0.25) is 0 Å². The highest BCUT2D eigenvalue weighted by Gasteiger charge is 2.42. The lowest BCUT2D eigenvalue weighted by Crippen LogP contribution is -2.49. The van der Waals surface area contributed by atoms with Gasteiger partial charge >= 0.3 is 5.97 Å². The normalized spacial score (nSPS) is 18.2. The SMILES string of the molecule is O=C(O)CC1(C(=O)[C@H](Cc2c[nH]c3ccccc23)NC(=O)c2ccc(Br)cc2)C=CC=CC1. The van der Waals surface area contributed by atoms with Gasteiger partial charge in [-0.25, -0.2) is 0 Å². The monoisotopic (exact) mass is 506 g/mol. The van der Waals surface area contributed by atoms with Gasteiger partial charge in [-0.1, -0.05) is 58.4 Å². The molecule has 0 radical (unpaired) electrons. The minimum atomic E-state index is -1.22. The first-order valence-corrected chi connectivity index (χ1v) is 11.4. The lowest BCUT2D eigenvalue weighted by molar-refractivity contribution is -0.143. The average Bonchev–Trinajstić information content (AvgIpc) is 3.21. The Kier molecular flexibility index (Phi) is 6.60. The van der Waals surface area contributed by atoms with Crippen LogP contribution in [-0.2, 0) is 16.0 Å². The lowest BCUT2D eigenvalue weighted by Gasteiger charge is -2.32. The second-order valence-corrected chi connectivity index (χ2v) is 9.09. The molecule has 4 rings (SSSR count). The number of halogens is 1. The molecular weight excluding hydrogens is 484 g/mol. The van der Waals surface area contributed by atoms with Gasteiger partial charge in [0, 0.05) is 33.6 Å². The maximum absolute atomic E-state index is 13.9. The molecule has 3 N–H and O–H groups in total. The molecule has 0 bridgehead atoms. The first-order chi connectivity index (χ1) is 15.9. The number of aromatic nitrogens is 1. The van der Waals surface area contributed by atoms with Crippen LogP contribution in [-0.4, -0.2) is 33.8 Å². The Morgan fingerprint density at radius 1 is 1.09 bits per heavy atom. The fraction of sp³-hybridized carbons (Fsp3) is 0.192. The molecule has 168 valence electrons. The topological polar surface area (TPSA) is 99.3 Å². The van der Waals surface area contributed by atoms with Gasteiger partial charge in [0.15, 0.2) is 5.78 Å². The number of carbonyl (C=O) groups is 3. The van der Waals surface area contributed by atoms with Crippen LogP contribution in [0.4, 0.5) is 0 Å². The van der Waals surface area contributed by atoms with Gasteiger partial charge in [0.05, 0.1) is 17.9 Å². The highest BCUT2D eigenvalue weighted by Crippen LogP contribution is 2.35. The zero-order valence-corrected chi connectivity index (χ0v) is 19.3. The van der Waals surface area contributed by atoms with E-state index in [0.717, 1.165) is 20.9 Å². The van der Waals surface area contributed by atoms with E-state index in [0.29, 0.717) is 5.56 Å². The van der Waals surface area contributed by atoms with Crippen LogP contribution >= 0.6 is 15.9 Å². The molecule has 7 heteroatoms. The van der Waals surface area contributed by atoms with Crippen molar-refractivity contribution in [3.63, 3.8) is 0 Å². The standard InChI is InChI=1S/C26H23BrN2O4/c27-19-10-8-17(9-11-19)25(33)29-22(14-18-16-28-21-7-3-2-6-20(18)21)24(32)26(15-23(30)31)12-4-1-5-13-26/h1-12,16,22,28H,13-15H2,(H,29,33)(H,30,31)/t22-,26?/m0/s1. The van der Waals surface area contributed by atoms with E-state index in [1.807, 2.05) is 30.5 Å². The highest BCUT2D eigenvalue weighted by atomic mass is 79.9. The molecule has 33 heavy (non-hydrogen) atoms. The van der Waals surface area contributed by atoms with Gasteiger partial charge in [-0.2, -0.15) is 0 Å². The van der Waals surface area contributed by atoms with Crippen LogP contribution in [0.15, 0.2) is 83.5 Å². The molecule has 1 heterocycles. The maximum atomic E-state index is 13.9. The molecule has 0 saturated heterocycles. The van der Waals surface area contributed by atoms with Crippen molar-refractivity contribution in [1.29, 1.82) is 0 Å². The summed E-state index contributed by atoms with van der Waals surface area (Å²) >= 11 is 3.35. The summed E-state index contributed by atoms with van der Waals surface area (Å²) < 4.78 is 0.838. The summed E-state index contributed by atoms with van der Waals surface area (Å²) in [4.78, 5) is 41.8. The largest absolute Gasteiger partial charge is 0.481 e. The minimum absolute atomic E-state index is 0.240. The number of carboxylic acids is 1. The average molecular weight is 507 g/mol. The number of amides is 1. The predicted molar refractivity (Wildman–Crippen MR) is 130 cm³/mol. The van der Waals surface area contributed by atoms with Crippen LogP contribution in [0.25, 0.3) is 10.9 Å². The van der Waals surface area contributed by atoms with Crippen LogP contribution in [0, 0.1) is 5.41 Å². The number of benzene rings is 2. The fourth-order valence-electron chi connectivity index (χ4n) is 4.26. The Morgan fingerprint density at radius 2 is 1.85 bits per heavy atom. The molecule has 0 fully saturated rings.